The lowest BCUT2D eigenvalue weighted by molar-refractivity contribution is -0.120. The highest BCUT2D eigenvalue weighted by molar-refractivity contribution is 5.93. The number of hydrogen-bond acceptors (Lipinski definition) is 3. The first kappa shape index (κ1) is 14.0. The minimum absolute atomic E-state index is 0.139. The van der Waals surface area contributed by atoms with E-state index >= 15 is 0 Å². The zero-order chi connectivity index (χ0) is 14.9. The third-order valence-electron chi connectivity index (χ3n) is 5.18. The number of ether oxygens (including phenoxy) is 1. The molecule has 5 nitrogen and oxygen atoms in total. The highest BCUT2D eigenvalue weighted by Gasteiger charge is 2.39. The minimum atomic E-state index is 0.139. The highest BCUT2D eigenvalue weighted by Crippen LogP contribution is 2.43. The zero-order valence-electron chi connectivity index (χ0n) is 12.8. The van der Waals surface area contributed by atoms with Gasteiger partial charge in [0, 0.05) is 18.7 Å². The largest absolute Gasteiger partial charge is 0.376 e. The van der Waals surface area contributed by atoms with Crippen molar-refractivity contribution in [3.05, 3.63) is 24.5 Å². The summed E-state index contributed by atoms with van der Waals surface area (Å²) in [6.07, 6.45) is 14.0. The Balaban J connectivity index is 1.33. The molecule has 4 rings (SSSR count). The molecular formula is C17H23N3O2. The molecule has 3 aliphatic rings. The standard InChI is InChI=1S/C17H23N3O2/c21-17(16-8-12-4-5-13(16)7-12)19-14-9-18-20(10-14)11-15-3-1-2-6-22-15/h4-5,9-10,12-13,15-16H,1-3,6-8,11H2,(H,19,21). The van der Waals surface area contributed by atoms with Crippen LogP contribution in [-0.2, 0) is 16.1 Å². The molecule has 1 aliphatic heterocycles. The molecule has 0 spiro atoms. The maximum Gasteiger partial charge on any atom is 0.228 e. The Kier molecular flexibility index (Phi) is 3.74. The van der Waals surface area contributed by atoms with Gasteiger partial charge in [0.1, 0.15) is 0 Å². The van der Waals surface area contributed by atoms with Gasteiger partial charge in [0.25, 0.3) is 0 Å². The Hall–Kier alpha value is -1.62. The van der Waals surface area contributed by atoms with Crippen molar-refractivity contribution in [1.82, 2.24) is 9.78 Å². The molecule has 2 aliphatic carbocycles. The predicted octanol–water partition coefficient (Wildman–Crippen LogP) is 2.60. The monoisotopic (exact) mass is 301 g/mol. The highest BCUT2D eigenvalue weighted by atomic mass is 16.5. The first-order valence-electron chi connectivity index (χ1n) is 8.41. The molecule has 4 unspecified atom stereocenters. The first-order chi connectivity index (χ1) is 10.8. The van der Waals surface area contributed by atoms with Crippen LogP contribution in [0.25, 0.3) is 0 Å². The van der Waals surface area contributed by atoms with Crippen molar-refractivity contribution in [3.63, 3.8) is 0 Å². The average Bonchev–Trinajstić information content (AvgIpc) is 3.25. The summed E-state index contributed by atoms with van der Waals surface area (Å²) in [5, 5.41) is 7.38. The number of fused-ring (bicyclic) bond motifs is 2. The molecule has 5 heteroatoms. The number of amides is 1. The number of aromatic nitrogens is 2. The number of rotatable bonds is 4. The number of nitrogens with zero attached hydrogens (tertiary/aromatic N) is 2. The van der Waals surface area contributed by atoms with E-state index in [-0.39, 0.29) is 17.9 Å². The van der Waals surface area contributed by atoms with E-state index in [2.05, 4.69) is 22.6 Å². The molecule has 1 saturated carbocycles. The second-order valence-electron chi connectivity index (χ2n) is 6.82. The molecule has 1 amide bonds. The molecule has 2 fully saturated rings. The van der Waals surface area contributed by atoms with Gasteiger partial charge in [0.15, 0.2) is 0 Å². The van der Waals surface area contributed by atoms with Gasteiger partial charge in [0.2, 0.25) is 5.91 Å². The van der Waals surface area contributed by atoms with E-state index in [1.807, 2.05) is 10.9 Å². The van der Waals surface area contributed by atoms with Crippen molar-refractivity contribution < 1.29 is 9.53 Å². The van der Waals surface area contributed by atoms with Gasteiger partial charge in [0.05, 0.1) is 24.5 Å². The van der Waals surface area contributed by atoms with Crippen molar-refractivity contribution >= 4 is 11.6 Å². The smallest absolute Gasteiger partial charge is 0.228 e. The van der Waals surface area contributed by atoms with Gasteiger partial charge in [-0.2, -0.15) is 5.10 Å². The van der Waals surface area contributed by atoms with Gasteiger partial charge in [-0.3, -0.25) is 9.48 Å². The van der Waals surface area contributed by atoms with Crippen LogP contribution >= 0.6 is 0 Å². The van der Waals surface area contributed by atoms with Gasteiger partial charge < -0.3 is 10.1 Å². The van der Waals surface area contributed by atoms with Gasteiger partial charge in [-0.25, -0.2) is 0 Å². The second-order valence-corrected chi connectivity index (χ2v) is 6.82. The summed E-state index contributed by atoms with van der Waals surface area (Å²) >= 11 is 0. The van der Waals surface area contributed by atoms with Crippen LogP contribution < -0.4 is 5.32 Å². The number of allylic oxidation sites excluding steroid dienone is 2. The van der Waals surface area contributed by atoms with Crippen molar-refractivity contribution in [2.45, 2.75) is 44.8 Å². The number of carbonyl (C=O) groups excluding carboxylic acids is 1. The van der Waals surface area contributed by atoms with Gasteiger partial charge in [-0.05, 0) is 43.9 Å². The molecule has 0 aromatic carbocycles. The summed E-state index contributed by atoms with van der Waals surface area (Å²) in [6, 6.07) is 0. The van der Waals surface area contributed by atoms with E-state index in [4.69, 9.17) is 4.74 Å². The van der Waals surface area contributed by atoms with Crippen LogP contribution in [0.3, 0.4) is 0 Å². The Morgan fingerprint density at radius 1 is 1.36 bits per heavy atom. The van der Waals surface area contributed by atoms with Crippen molar-refractivity contribution in [2.24, 2.45) is 17.8 Å². The summed E-state index contributed by atoms with van der Waals surface area (Å²) in [5.41, 5.74) is 0.799. The molecule has 1 aromatic rings. The van der Waals surface area contributed by atoms with Crippen molar-refractivity contribution in [3.8, 4) is 0 Å². The molecule has 2 bridgehead atoms. The molecule has 1 N–H and O–H groups in total. The molecule has 1 saturated heterocycles. The summed E-state index contributed by atoms with van der Waals surface area (Å²) < 4.78 is 7.61. The lowest BCUT2D eigenvalue weighted by atomic mass is 9.93. The van der Waals surface area contributed by atoms with E-state index in [0.717, 1.165) is 44.5 Å². The van der Waals surface area contributed by atoms with E-state index in [1.165, 1.54) is 6.42 Å². The van der Waals surface area contributed by atoms with E-state index < -0.39 is 0 Å². The van der Waals surface area contributed by atoms with E-state index in [0.29, 0.717) is 11.8 Å². The van der Waals surface area contributed by atoms with Crippen LogP contribution in [0.2, 0.25) is 0 Å². The van der Waals surface area contributed by atoms with E-state index in [9.17, 15) is 4.79 Å². The zero-order valence-corrected chi connectivity index (χ0v) is 12.8. The fourth-order valence-corrected chi connectivity index (χ4v) is 4.01. The fraction of sp³-hybridized carbons (Fsp3) is 0.647. The maximum atomic E-state index is 12.4. The maximum absolute atomic E-state index is 12.4. The lowest BCUT2D eigenvalue weighted by Gasteiger charge is -2.22. The van der Waals surface area contributed by atoms with Gasteiger partial charge in [-0.1, -0.05) is 12.2 Å². The van der Waals surface area contributed by atoms with Crippen LogP contribution in [-0.4, -0.2) is 28.4 Å². The quantitative estimate of drug-likeness (QED) is 0.870. The summed E-state index contributed by atoms with van der Waals surface area (Å²) in [7, 11) is 0. The Morgan fingerprint density at radius 3 is 3.05 bits per heavy atom. The van der Waals surface area contributed by atoms with Crippen LogP contribution in [0.5, 0.6) is 0 Å². The SMILES string of the molecule is O=C(Nc1cnn(CC2CCCCO2)c1)C1CC2C=CC1C2. The molecular weight excluding hydrogens is 278 g/mol. The summed E-state index contributed by atoms with van der Waals surface area (Å²) in [6.45, 7) is 1.63. The third-order valence-corrected chi connectivity index (χ3v) is 5.18. The molecule has 2 heterocycles. The van der Waals surface area contributed by atoms with Crippen LogP contribution in [0, 0.1) is 17.8 Å². The Labute approximate surface area is 130 Å². The molecule has 118 valence electrons. The number of anilines is 1. The predicted molar refractivity (Wildman–Crippen MR) is 83.3 cm³/mol. The average molecular weight is 301 g/mol. The summed E-state index contributed by atoms with van der Waals surface area (Å²) in [5.74, 6) is 1.34. The Bertz CT molecular complexity index is 574. The van der Waals surface area contributed by atoms with Crippen LogP contribution in [0.1, 0.15) is 32.1 Å². The van der Waals surface area contributed by atoms with Gasteiger partial charge >= 0.3 is 0 Å². The van der Waals surface area contributed by atoms with Gasteiger partial charge in [-0.15, -0.1) is 0 Å². The van der Waals surface area contributed by atoms with Crippen LogP contribution in [0.15, 0.2) is 24.5 Å². The molecule has 4 atom stereocenters. The summed E-state index contributed by atoms with van der Waals surface area (Å²) in [4.78, 5) is 12.4. The molecule has 0 radical (unpaired) electrons. The third kappa shape index (κ3) is 2.82. The van der Waals surface area contributed by atoms with E-state index in [1.54, 1.807) is 6.20 Å². The Morgan fingerprint density at radius 2 is 2.32 bits per heavy atom. The lowest BCUT2D eigenvalue weighted by Crippen LogP contribution is -2.26. The molecule has 22 heavy (non-hydrogen) atoms. The second kappa shape index (κ2) is 5.88. The molecule has 1 aromatic heterocycles. The number of nitrogens with one attached hydrogen (secondary N) is 1. The topological polar surface area (TPSA) is 56.2 Å². The number of carbonyl (C=O) groups is 1. The van der Waals surface area contributed by atoms with Crippen molar-refractivity contribution in [2.75, 3.05) is 11.9 Å². The van der Waals surface area contributed by atoms with Crippen LogP contribution in [0.4, 0.5) is 5.69 Å². The first-order valence-corrected chi connectivity index (χ1v) is 8.41. The van der Waals surface area contributed by atoms with Crippen molar-refractivity contribution in [1.29, 1.82) is 0 Å². The fourth-order valence-electron chi connectivity index (χ4n) is 4.01. The normalized spacial score (nSPS) is 33.3. The number of hydrogen-bond donors (Lipinski definition) is 1. The minimum Gasteiger partial charge on any atom is -0.376 e.